The van der Waals surface area contributed by atoms with Crippen LogP contribution in [0.2, 0.25) is 0 Å². The number of aromatic nitrogens is 1. The van der Waals surface area contributed by atoms with Crippen LogP contribution in [0.5, 0.6) is 0 Å². The first-order valence-electron chi connectivity index (χ1n) is 10.4. The van der Waals surface area contributed by atoms with E-state index in [1.54, 1.807) is 0 Å². The highest BCUT2D eigenvalue weighted by Gasteiger charge is 2.22. The van der Waals surface area contributed by atoms with Gasteiger partial charge in [0.1, 0.15) is 12.4 Å². The number of rotatable bonds is 6. The van der Waals surface area contributed by atoms with E-state index in [0.717, 1.165) is 56.7 Å². The molecular weight excluding hydrogens is 340 g/mol. The zero-order valence-electron chi connectivity index (χ0n) is 16.8. The van der Waals surface area contributed by atoms with Gasteiger partial charge >= 0.3 is 0 Å². The zero-order chi connectivity index (χ0) is 19.1. The van der Waals surface area contributed by atoms with Crippen molar-refractivity contribution in [1.29, 1.82) is 0 Å². The number of carbonyl (C=O) groups is 1. The largest absolute Gasteiger partial charge is 0.381 e. The van der Waals surface area contributed by atoms with Crippen molar-refractivity contribution < 1.29 is 9.53 Å². The van der Waals surface area contributed by atoms with Gasteiger partial charge in [-0.15, -0.1) is 0 Å². The molecule has 6 heteroatoms. The van der Waals surface area contributed by atoms with Gasteiger partial charge in [0.25, 0.3) is 0 Å². The fourth-order valence-corrected chi connectivity index (χ4v) is 3.97. The summed E-state index contributed by atoms with van der Waals surface area (Å²) in [5, 5.41) is 3.58. The van der Waals surface area contributed by atoms with Crippen LogP contribution in [0.1, 0.15) is 51.4 Å². The molecule has 2 fully saturated rings. The van der Waals surface area contributed by atoms with Crippen LogP contribution in [-0.4, -0.2) is 61.7 Å². The van der Waals surface area contributed by atoms with E-state index < -0.39 is 0 Å². The maximum Gasteiger partial charge on any atom is 0.248 e. The number of amides is 1. The summed E-state index contributed by atoms with van der Waals surface area (Å²) in [6.07, 6.45) is 11.2. The Morgan fingerprint density at radius 1 is 1.15 bits per heavy atom. The molecule has 1 saturated carbocycles. The first-order valence-corrected chi connectivity index (χ1v) is 10.4. The van der Waals surface area contributed by atoms with Crippen LogP contribution in [0.15, 0.2) is 18.3 Å². The molecule has 6 nitrogen and oxygen atoms in total. The monoisotopic (exact) mass is 374 g/mol. The lowest BCUT2D eigenvalue weighted by atomic mass is 9.98. The minimum Gasteiger partial charge on any atom is -0.381 e. The number of likely N-dealkylation sites (tertiary alicyclic amines) is 1. The Balaban J connectivity index is 1.43. The molecule has 1 aromatic rings. The standard InChI is InChI=1S/C21H34N4O2/c1-24(2)20-11-10-18(15-22-20)23-17-7-6-13-25(14-12-17)21(26)16-27-19-8-4-3-5-9-19/h10-11,15,17,19,23H,3-9,12-14,16H2,1-2H3/t17-/m1/s1. The summed E-state index contributed by atoms with van der Waals surface area (Å²) >= 11 is 0. The van der Waals surface area contributed by atoms with Crippen LogP contribution in [0.3, 0.4) is 0 Å². The number of nitrogens with zero attached hydrogens (tertiary/aromatic N) is 3. The third kappa shape index (κ3) is 6.09. The van der Waals surface area contributed by atoms with Crippen LogP contribution < -0.4 is 10.2 Å². The van der Waals surface area contributed by atoms with Crippen molar-refractivity contribution in [3.05, 3.63) is 18.3 Å². The fourth-order valence-electron chi connectivity index (χ4n) is 3.97. The van der Waals surface area contributed by atoms with E-state index in [-0.39, 0.29) is 12.5 Å². The smallest absolute Gasteiger partial charge is 0.248 e. The van der Waals surface area contributed by atoms with Crippen LogP contribution in [0, 0.1) is 0 Å². The Labute approximate surface area is 163 Å². The summed E-state index contributed by atoms with van der Waals surface area (Å²) in [5.41, 5.74) is 1.05. The summed E-state index contributed by atoms with van der Waals surface area (Å²) in [4.78, 5) is 21.0. The topological polar surface area (TPSA) is 57.7 Å². The molecule has 0 spiro atoms. The molecule has 0 bridgehead atoms. The van der Waals surface area contributed by atoms with E-state index in [1.807, 2.05) is 36.2 Å². The van der Waals surface area contributed by atoms with Crippen molar-refractivity contribution in [3.63, 3.8) is 0 Å². The van der Waals surface area contributed by atoms with E-state index in [2.05, 4.69) is 16.4 Å². The molecule has 1 amide bonds. The molecule has 0 radical (unpaired) electrons. The van der Waals surface area contributed by atoms with Crippen molar-refractivity contribution in [2.24, 2.45) is 0 Å². The van der Waals surface area contributed by atoms with Gasteiger partial charge in [-0.05, 0) is 44.2 Å². The molecule has 27 heavy (non-hydrogen) atoms. The second-order valence-electron chi connectivity index (χ2n) is 8.02. The van der Waals surface area contributed by atoms with Gasteiger partial charge in [0, 0.05) is 33.2 Å². The highest BCUT2D eigenvalue weighted by molar-refractivity contribution is 5.77. The molecule has 150 valence electrons. The number of ether oxygens (including phenoxy) is 1. The number of nitrogens with one attached hydrogen (secondary N) is 1. The van der Waals surface area contributed by atoms with Gasteiger partial charge < -0.3 is 19.9 Å². The molecule has 1 atom stereocenters. The van der Waals surface area contributed by atoms with Gasteiger partial charge in [-0.2, -0.15) is 0 Å². The van der Waals surface area contributed by atoms with E-state index in [4.69, 9.17) is 4.74 Å². The normalized spacial score (nSPS) is 21.6. The SMILES string of the molecule is CN(C)c1ccc(N[C@@H]2CCCN(C(=O)COC3CCCCC3)CC2)cn1. The quantitative estimate of drug-likeness (QED) is 0.828. The summed E-state index contributed by atoms with van der Waals surface area (Å²) in [7, 11) is 3.98. The third-order valence-electron chi connectivity index (χ3n) is 5.65. The van der Waals surface area contributed by atoms with E-state index in [0.29, 0.717) is 12.1 Å². The average Bonchev–Trinajstić information content (AvgIpc) is 2.93. The van der Waals surface area contributed by atoms with Crippen molar-refractivity contribution in [3.8, 4) is 0 Å². The van der Waals surface area contributed by atoms with Gasteiger partial charge in [0.05, 0.1) is 18.0 Å². The van der Waals surface area contributed by atoms with Crippen LogP contribution in [-0.2, 0) is 9.53 Å². The molecule has 1 saturated heterocycles. The molecule has 3 rings (SSSR count). The van der Waals surface area contributed by atoms with Crippen LogP contribution in [0.4, 0.5) is 11.5 Å². The number of hydrogen-bond acceptors (Lipinski definition) is 5. The van der Waals surface area contributed by atoms with E-state index in [9.17, 15) is 4.79 Å². The van der Waals surface area contributed by atoms with Crippen molar-refractivity contribution in [2.45, 2.75) is 63.5 Å². The summed E-state index contributed by atoms with van der Waals surface area (Å²) < 4.78 is 5.87. The van der Waals surface area contributed by atoms with E-state index in [1.165, 1.54) is 19.3 Å². The zero-order valence-corrected chi connectivity index (χ0v) is 16.8. The Hall–Kier alpha value is -1.82. The van der Waals surface area contributed by atoms with Crippen molar-refractivity contribution >= 4 is 17.4 Å². The molecule has 1 aromatic heterocycles. The molecule has 0 aromatic carbocycles. The maximum absolute atomic E-state index is 12.5. The molecular formula is C21H34N4O2. The van der Waals surface area contributed by atoms with E-state index >= 15 is 0 Å². The first kappa shape index (κ1) is 19.9. The average molecular weight is 375 g/mol. The van der Waals surface area contributed by atoms with Gasteiger partial charge in [-0.1, -0.05) is 19.3 Å². The number of anilines is 2. The lowest BCUT2D eigenvalue weighted by Crippen LogP contribution is -2.36. The van der Waals surface area contributed by atoms with Gasteiger partial charge in [0.15, 0.2) is 0 Å². The highest BCUT2D eigenvalue weighted by atomic mass is 16.5. The third-order valence-corrected chi connectivity index (χ3v) is 5.65. The predicted octanol–water partition coefficient (Wildman–Crippen LogP) is 3.29. The molecule has 2 aliphatic rings. The lowest BCUT2D eigenvalue weighted by molar-refractivity contribution is -0.138. The van der Waals surface area contributed by atoms with Crippen LogP contribution >= 0.6 is 0 Å². The lowest BCUT2D eigenvalue weighted by Gasteiger charge is -2.25. The predicted molar refractivity (Wildman–Crippen MR) is 109 cm³/mol. The Bertz CT molecular complexity index is 584. The van der Waals surface area contributed by atoms with Crippen LogP contribution in [0.25, 0.3) is 0 Å². The second-order valence-corrected chi connectivity index (χ2v) is 8.02. The summed E-state index contributed by atoms with van der Waals surface area (Å²) in [6.45, 7) is 1.88. The molecule has 0 unspecified atom stereocenters. The Kier molecular flexibility index (Phi) is 7.33. The Morgan fingerprint density at radius 2 is 1.96 bits per heavy atom. The summed E-state index contributed by atoms with van der Waals surface area (Å²) in [6, 6.07) is 4.49. The van der Waals surface area contributed by atoms with Crippen molar-refractivity contribution in [1.82, 2.24) is 9.88 Å². The molecule has 1 aliphatic heterocycles. The van der Waals surface area contributed by atoms with Gasteiger partial charge in [-0.25, -0.2) is 4.98 Å². The molecule has 1 aliphatic carbocycles. The van der Waals surface area contributed by atoms with Gasteiger partial charge in [-0.3, -0.25) is 4.79 Å². The maximum atomic E-state index is 12.5. The van der Waals surface area contributed by atoms with Crippen molar-refractivity contribution in [2.75, 3.05) is 44.0 Å². The molecule has 2 heterocycles. The minimum atomic E-state index is 0.151. The number of carbonyl (C=O) groups excluding carboxylic acids is 1. The molecule has 1 N–H and O–H groups in total. The highest BCUT2D eigenvalue weighted by Crippen LogP contribution is 2.21. The Morgan fingerprint density at radius 3 is 2.67 bits per heavy atom. The van der Waals surface area contributed by atoms with Gasteiger partial charge in [0.2, 0.25) is 5.91 Å². The minimum absolute atomic E-state index is 0.151. The number of pyridine rings is 1. The number of hydrogen-bond donors (Lipinski definition) is 1. The second kappa shape index (κ2) is 9.93. The fraction of sp³-hybridized carbons (Fsp3) is 0.714. The first-order chi connectivity index (χ1) is 13.1. The summed E-state index contributed by atoms with van der Waals surface area (Å²) in [5.74, 6) is 1.11.